The Bertz CT molecular complexity index is 2300. The molecule has 15 heteroatoms. The number of imidazole rings is 2. The van der Waals surface area contributed by atoms with Gasteiger partial charge in [-0.25, -0.2) is 19.6 Å². The number of hydrogen-bond acceptors (Lipinski definition) is 9. The molecule has 2 fully saturated rings. The van der Waals surface area contributed by atoms with Crippen LogP contribution in [0.3, 0.4) is 0 Å². The Labute approximate surface area is 343 Å². The second-order valence-corrected chi connectivity index (χ2v) is 15.5. The van der Waals surface area contributed by atoms with Gasteiger partial charge in [0.05, 0.1) is 56.2 Å². The van der Waals surface area contributed by atoms with Crippen LogP contribution in [0.1, 0.15) is 70.2 Å². The van der Waals surface area contributed by atoms with E-state index in [1.54, 1.807) is 18.0 Å². The SMILES string of the molecule is COC(=O)N[C@H](C(=O)N1CCC[C@H]1c1ncc(-c2ccc3cc(-c4ccc(-c5cnc(C6CCCN6C(=O)[C@@H](NC(=O)OC)[C@@H](C)OC)[nH]5)cc4)ccc3c2)[nH]1)C(C)C. The van der Waals surface area contributed by atoms with E-state index in [0.717, 1.165) is 75.9 Å². The first-order valence-electron chi connectivity index (χ1n) is 20.1. The van der Waals surface area contributed by atoms with E-state index in [1.165, 1.54) is 21.3 Å². The van der Waals surface area contributed by atoms with Crippen LogP contribution in [0.25, 0.3) is 44.4 Å². The summed E-state index contributed by atoms with van der Waals surface area (Å²) in [6.07, 6.45) is 4.92. The maximum Gasteiger partial charge on any atom is 0.407 e. The van der Waals surface area contributed by atoms with Gasteiger partial charge in [0.2, 0.25) is 11.8 Å². The van der Waals surface area contributed by atoms with Gasteiger partial charge in [-0.15, -0.1) is 0 Å². The molecule has 2 aliphatic rings. The lowest BCUT2D eigenvalue weighted by Crippen LogP contribution is -2.54. The van der Waals surface area contributed by atoms with Crippen LogP contribution < -0.4 is 10.6 Å². The molecule has 0 spiro atoms. The van der Waals surface area contributed by atoms with Crippen LogP contribution in [-0.2, 0) is 23.8 Å². The van der Waals surface area contributed by atoms with Crippen molar-refractivity contribution in [2.45, 2.75) is 76.7 Å². The molecule has 15 nitrogen and oxygen atoms in total. The maximum atomic E-state index is 13.6. The second-order valence-electron chi connectivity index (χ2n) is 15.5. The number of rotatable bonds is 12. The predicted molar refractivity (Wildman–Crippen MR) is 222 cm³/mol. The molecule has 7 rings (SSSR count). The van der Waals surface area contributed by atoms with Gasteiger partial charge in [-0.2, -0.15) is 0 Å². The van der Waals surface area contributed by atoms with E-state index >= 15 is 0 Å². The molecule has 1 unspecified atom stereocenters. The number of likely N-dealkylation sites (tertiary alicyclic amines) is 2. The second kappa shape index (κ2) is 17.7. The number of benzene rings is 3. The number of carbonyl (C=O) groups excluding carboxylic acids is 4. The van der Waals surface area contributed by atoms with Crippen molar-refractivity contribution < 1.29 is 33.4 Å². The zero-order valence-corrected chi connectivity index (χ0v) is 34.3. The number of H-pyrrole nitrogens is 2. The summed E-state index contributed by atoms with van der Waals surface area (Å²) in [6, 6.07) is 18.9. The van der Waals surface area contributed by atoms with Crippen LogP contribution in [0.15, 0.2) is 73.1 Å². The highest BCUT2D eigenvalue weighted by molar-refractivity contribution is 5.91. The predicted octanol–water partition coefficient (Wildman–Crippen LogP) is 6.75. The Morgan fingerprint density at radius 3 is 1.63 bits per heavy atom. The minimum absolute atomic E-state index is 0.108. The number of fused-ring (bicyclic) bond motifs is 1. The first-order valence-corrected chi connectivity index (χ1v) is 20.1. The summed E-state index contributed by atoms with van der Waals surface area (Å²) in [6.45, 7) is 6.68. The van der Waals surface area contributed by atoms with Gasteiger partial charge < -0.3 is 44.6 Å². The molecule has 2 saturated heterocycles. The molecule has 4 amide bonds. The highest BCUT2D eigenvalue weighted by Crippen LogP contribution is 2.35. The third-order valence-electron chi connectivity index (χ3n) is 11.5. The summed E-state index contributed by atoms with van der Waals surface area (Å²) in [4.78, 5) is 71.1. The molecule has 4 heterocycles. The molecule has 310 valence electrons. The average Bonchev–Trinajstić information content (AvgIpc) is 4.10. The number of hydrogen-bond donors (Lipinski definition) is 4. The number of amides is 4. The van der Waals surface area contributed by atoms with Gasteiger partial charge >= 0.3 is 12.2 Å². The summed E-state index contributed by atoms with van der Waals surface area (Å²) in [7, 11) is 4.05. The Balaban J connectivity index is 1.02. The molecule has 3 aromatic carbocycles. The van der Waals surface area contributed by atoms with Gasteiger partial charge in [0.15, 0.2) is 0 Å². The van der Waals surface area contributed by atoms with Crippen LogP contribution in [0.4, 0.5) is 9.59 Å². The number of aromatic amines is 2. The molecule has 0 saturated carbocycles. The van der Waals surface area contributed by atoms with Crippen molar-refractivity contribution in [2.24, 2.45) is 5.92 Å². The zero-order valence-electron chi connectivity index (χ0n) is 34.3. The number of nitrogens with zero attached hydrogens (tertiary/aromatic N) is 4. The largest absolute Gasteiger partial charge is 0.453 e. The van der Waals surface area contributed by atoms with Gasteiger partial charge in [0, 0.05) is 25.8 Å². The standard InChI is InChI=1S/C44H52N8O7/c1-25(2)37(49-43(55)58-5)41(53)51-19-7-9-35(51)40-46-24-34(48-40)32-18-17-30-21-29(15-16-31(30)22-32)27-11-13-28(14-12-27)33-23-45-39(47-33)36-10-8-20-52(36)42(54)38(26(3)57-4)50-44(56)59-6/h11-18,21-26,35-38H,7-10,19-20H2,1-6H3,(H,45,47)(H,46,48)(H,49,55)(H,50,56)/t26-,35+,36?,37+,38+/m1/s1. The molecule has 0 bridgehead atoms. The van der Waals surface area contributed by atoms with Crippen molar-refractivity contribution in [3.05, 3.63) is 84.7 Å². The average molecular weight is 805 g/mol. The van der Waals surface area contributed by atoms with E-state index in [-0.39, 0.29) is 29.8 Å². The van der Waals surface area contributed by atoms with E-state index in [2.05, 4.69) is 86.2 Å². The summed E-state index contributed by atoms with van der Waals surface area (Å²) in [5.74, 6) is 0.924. The molecule has 0 radical (unpaired) electrons. The highest BCUT2D eigenvalue weighted by atomic mass is 16.5. The molecular formula is C44H52N8O7. The maximum absolute atomic E-state index is 13.6. The molecule has 2 aromatic heterocycles. The Hall–Kier alpha value is -6.22. The van der Waals surface area contributed by atoms with Gasteiger partial charge in [-0.05, 0) is 78.1 Å². The van der Waals surface area contributed by atoms with Crippen LogP contribution in [-0.4, -0.2) is 106 Å². The Kier molecular flexibility index (Phi) is 12.3. The number of alkyl carbamates (subject to hydrolysis) is 2. The summed E-state index contributed by atoms with van der Waals surface area (Å²) >= 11 is 0. The number of aromatic nitrogens is 4. The molecule has 59 heavy (non-hydrogen) atoms. The van der Waals surface area contributed by atoms with Crippen molar-refractivity contribution in [1.82, 2.24) is 40.4 Å². The Morgan fingerprint density at radius 1 is 0.644 bits per heavy atom. The van der Waals surface area contributed by atoms with Crippen molar-refractivity contribution in [3.8, 4) is 33.6 Å². The van der Waals surface area contributed by atoms with Gasteiger partial charge in [0.25, 0.3) is 0 Å². The van der Waals surface area contributed by atoms with Gasteiger partial charge in [-0.1, -0.05) is 62.4 Å². The molecule has 2 aliphatic heterocycles. The molecule has 4 N–H and O–H groups in total. The van der Waals surface area contributed by atoms with E-state index in [9.17, 15) is 19.2 Å². The number of methoxy groups -OCH3 is 3. The smallest absolute Gasteiger partial charge is 0.407 e. The van der Waals surface area contributed by atoms with E-state index < -0.39 is 30.4 Å². The van der Waals surface area contributed by atoms with Crippen LogP contribution >= 0.6 is 0 Å². The number of ether oxygens (including phenoxy) is 3. The summed E-state index contributed by atoms with van der Waals surface area (Å²) in [5.41, 5.74) is 5.81. The van der Waals surface area contributed by atoms with Crippen molar-refractivity contribution >= 4 is 34.8 Å². The summed E-state index contributed by atoms with van der Waals surface area (Å²) in [5, 5.41) is 7.50. The number of nitrogens with one attached hydrogen (secondary N) is 4. The van der Waals surface area contributed by atoms with Crippen molar-refractivity contribution in [1.29, 1.82) is 0 Å². The quantitative estimate of drug-likeness (QED) is 0.106. The highest BCUT2D eigenvalue weighted by Gasteiger charge is 2.39. The van der Waals surface area contributed by atoms with E-state index in [0.29, 0.717) is 18.9 Å². The van der Waals surface area contributed by atoms with E-state index in [1.807, 2.05) is 24.9 Å². The molecule has 5 aromatic rings. The van der Waals surface area contributed by atoms with Crippen LogP contribution in [0, 0.1) is 5.92 Å². The first kappa shape index (κ1) is 41.0. The monoisotopic (exact) mass is 804 g/mol. The van der Waals surface area contributed by atoms with Crippen LogP contribution in [0.2, 0.25) is 0 Å². The fourth-order valence-electron chi connectivity index (χ4n) is 8.13. The normalized spacial score (nSPS) is 18.2. The fourth-order valence-corrected chi connectivity index (χ4v) is 8.13. The van der Waals surface area contributed by atoms with Crippen molar-refractivity contribution in [3.63, 3.8) is 0 Å². The topological polar surface area (TPSA) is 184 Å². The minimum Gasteiger partial charge on any atom is -0.453 e. The lowest BCUT2D eigenvalue weighted by atomic mass is 9.98. The third kappa shape index (κ3) is 8.65. The third-order valence-corrected chi connectivity index (χ3v) is 11.5. The first-order chi connectivity index (χ1) is 28.5. The number of carbonyl (C=O) groups is 4. The lowest BCUT2D eigenvalue weighted by molar-refractivity contribution is -0.137. The van der Waals surface area contributed by atoms with Crippen LogP contribution in [0.5, 0.6) is 0 Å². The molecule has 0 aliphatic carbocycles. The molecule has 5 atom stereocenters. The lowest BCUT2D eigenvalue weighted by Gasteiger charge is -2.30. The minimum atomic E-state index is -0.895. The Morgan fingerprint density at radius 2 is 1.10 bits per heavy atom. The molecular weight excluding hydrogens is 753 g/mol. The fraction of sp³-hybridized carbons (Fsp3) is 0.409. The van der Waals surface area contributed by atoms with E-state index in [4.69, 9.17) is 19.2 Å². The zero-order chi connectivity index (χ0) is 41.8. The summed E-state index contributed by atoms with van der Waals surface area (Å²) < 4.78 is 14.9. The van der Waals surface area contributed by atoms with Crippen molar-refractivity contribution in [2.75, 3.05) is 34.4 Å². The van der Waals surface area contributed by atoms with Gasteiger partial charge in [-0.3, -0.25) is 9.59 Å². The van der Waals surface area contributed by atoms with Gasteiger partial charge in [0.1, 0.15) is 23.7 Å².